The molecule has 16 N–H and O–H groups in total. The number of nitrogens with two attached hydrogens (primary N) is 4. The number of hydrogen-bond acceptors (Lipinski definition) is 10. The van der Waals surface area contributed by atoms with Crippen LogP contribution in [0.15, 0.2) is 0 Å². The van der Waals surface area contributed by atoms with Crippen LogP contribution in [0.3, 0.4) is 0 Å². The molecule has 16 heteroatoms. The average Bonchev–Trinajstić information content (AvgIpc) is 3.26. The lowest BCUT2D eigenvalue weighted by atomic mass is 10.2. The van der Waals surface area contributed by atoms with Crippen LogP contribution in [0.1, 0.15) is 39.5 Å². The maximum Gasteiger partial charge on any atom is 0.323 e. The molecule has 1 fully saturated rings. The Labute approximate surface area is 197 Å². The van der Waals surface area contributed by atoms with E-state index >= 15 is 0 Å². The molecule has 16 nitrogen and oxygen atoms in total. The van der Waals surface area contributed by atoms with Crippen molar-refractivity contribution < 1.29 is 44.7 Å². The van der Waals surface area contributed by atoms with E-state index in [-0.39, 0.29) is 12.0 Å². The molecule has 0 spiro atoms. The molecule has 1 rings (SSSR count). The molecule has 0 saturated carbocycles. The number of guanidine groups is 1. The van der Waals surface area contributed by atoms with Gasteiger partial charge in [0.1, 0.15) is 24.2 Å². The van der Waals surface area contributed by atoms with Gasteiger partial charge >= 0.3 is 23.9 Å². The summed E-state index contributed by atoms with van der Waals surface area (Å²) in [6.45, 7) is 4.09. The zero-order valence-corrected chi connectivity index (χ0v) is 19.3. The van der Waals surface area contributed by atoms with Crippen molar-refractivity contribution in [1.29, 1.82) is 5.41 Å². The maximum atomic E-state index is 10.2. The predicted octanol–water partition coefficient (Wildman–Crippen LogP) is -3.32. The molecule has 34 heavy (non-hydrogen) atoms. The minimum Gasteiger partial charge on any atom is -0.480 e. The highest BCUT2D eigenvalue weighted by molar-refractivity contribution is 5.75. The first-order valence-electron chi connectivity index (χ1n) is 10.2. The number of nitrogens with one attached hydrogen (secondary N) is 3. The van der Waals surface area contributed by atoms with E-state index in [1.807, 2.05) is 0 Å². The first-order chi connectivity index (χ1) is 15.5. The highest BCUT2D eigenvalue weighted by Crippen LogP contribution is 2.03. The van der Waals surface area contributed by atoms with Gasteiger partial charge in [0.25, 0.3) is 0 Å². The van der Waals surface area contributed by atoms with E-state index in [0.717, 1.165) is 19.4 Å². The number of carboxylic acids is 4. The van der Waals surface area contributed by atoms with Crippen LogP contribution in [-0.2, 0) is 19.2 Å². The first-order valence-corrected chi connectivity index (χ1v) is 10.2. The second-order valence-corrected chi connectivity index (χ2v) is 7.15. The van der Waals surface area contributed by atoms with Crippen LogP contribution in [0.25, 0.3) is 0 Å². The Morgan fingerprint density at radius 2 is 1.53 bits per heavy atom. The van der Waals surface area contributed by atoms with Gasteiger partial charge in [0.15, 0.2) is 5.96 Å². The van der Waals surface area contributed by atoms with Crippen LogP contribution < -0.4 is 33.6 Å². The topological polar surface area (TPSA) is 321 Å². The highest BCUT2D eigenvalue weighted by Gasteiger charge is 2.20. The molecule has 0 radical (unpaired) electrons. The van der Waals surface area contributed by atoms with Crippen molar-refractivity contribution in [2.24, 2.45) is 22.9 Å². The molecule has 0 unspecified atom stereocenters. The van der Waals surface area contributed by atoms with Crippen molar-refractivity contribution in [2.45, 2.75) is 69.8 Å². The monoisotopic (exact) mass is 497 g/mol. The van der Waals surface area contributed by atoms with Crippen LogP contribution in [-0.4, -0.2) is 98.7 Å². The third-order valence-corrected chi connectivity index (χ3v) is 3.88. The van der Waals surface area contributed by atoms with E-state index in [1.165, 1.54) is 13.8 Å². The molecule has 5 atom stereocenters. The van der Waals surface area contributed by atoms with Gasteiger partial charge in [-0.25, -0.2) is 0 Å². The fraction of sp³-hybridized carbons (Fsp3) is 0.722. The van der Waals surface area contributed by atoms with Crippen LogP contribution >= 0.6 is 0 Å². The fourth-order valence-corrected chi connectivity index (χ4v) is 1.77. The third-order valence-electron chi connectivity index (χ3n) is 3.88. The number of aliphatic hydroxyl groups excluding tert-OH is 1. The molecule has 1 aliphatic heterocycles. The summed E-state index contributed by atoms with van der Waals surface area (Å²) in [6.07, 6.45) is 1.78. The summed E-state index contributed by atoms with van der Waals surface area (Å²) in [6, 6.07) is -2.98. The minimum absolute atomic E-state index is 0.112. The summed E-state index contributed by atoms with van der Waals surface area (Å²) in [7, 11) is 0. The number of aliphatic hydroxyl groups is 1. The van der Waals surface area contributed by atoms with Crippen molar-refractivity contribution >= 4 is 29.8 Å². The Balaban J connectivity index is -0.000000389. The Morgan fingerprint density at radius 1 is 1.03 bits per heavy atom. The summed E-state index contributed by atoms with van der Waals surface area (Å²) in [5.41, 5.74) is 20.0. The molecule has 1 saturated heterocycles. The van der Waals surface area contributed by atoms with Crippen LogP contribution in [0, 0.1) is 5.41 Å². The molecule has 1 aliphatic rings. The summed E-state index contributed by atoms with van der Waals surface area (Å²) in [5.74, 6) is -3.98. The molecular formula is C18H39N7O9. The lowest BCUT2D eigenvalue weighted by Crippen LogP contribution is -2.39. The maximum absolute atomic E-state index is 10.2. The number of rotatable bonds is 9. The van der Waals surface area contributed by atoms with Crippen LogP contribution in [0.4, 0.5) is 0 Å². The standard InChI is InChI=1S/C6H14N4O2.C5H9NO2.C4H9NO3.C3H7NO2/c7-4(5(11)12)2-1-3-10-6(8)9;7-5(8)4-2-1-3-6-4;1-2(6)3(5)4(7)8;1-2(4)3(5)6/h4H,1-3,7H2,(H,11,12)(H4,8,9,10);4,6H,1-3H2,(H,7,8);2-3,6H,5H2,1H3,(H,7,8);2H,4H2,1H3,(H,5,6)/t2*4-;2-,3+;2-/m0010/s1. The Hall–Kier alpha value is -3.05. The molecule has 0 bridgehead atoms. The van der Waals surface area contributed by atoms with Gasteiger partial charge < -0.3 is 59.1 Å². The van der Waals surface area contributed by atoms with Crippen molar-refractivity contribution in [3.05, 3.63) is 0 Å². The van der Waals surface area contributed by atoms with E-state index in [4.69, 9.17) is 53.9 Å². The largest absolute Gasteiger partial charge is 0.480 e. The molecule has 0 aliphatic carbocycles. The lowest BCUT2D eigenvalue weighted by molar-refractivity contribution is -0.141. The van der Waals surface area contributed by atoms with Gasteiger partial charge in [0.05, 0.1) is 6.10 Å². The number of hydrogen-bond donors (Lipinski definition) is 12. The first kappa shape index (κ1) is 35.5. The van der Waals surface area contributed by atoms with Crippen molar-refractivity contribution in [3.8, 4) is 0 Å². The molecule has 0 aromatic heterocycles. The van der Waals surface area contributed by atoms with E-state index in [1.54, 1.807) is 0 Å². The van der Waals surface area contributed by atoms with Gasteiger partial charge in [0.2, 0.25) is 0 Å². The highest BCUT2D eigenvalue weighted by atomic mass is 16.4. The van der Waals surface area contributed by atoms with Crippen molar-refractivity contribution in [1.82, 2.24) is 10.6 Å². The Bertz CT molecular complexity index is 615. The summed E-state index contributed by atoms with van der Waals surface area (Å²) < 4.78 is 0. The zero-order chi connectivity index (χ0) is 27.4. The zero-order valence-electron chi connectivity index (χ0n) is 19.3. The van der Waals surface area contributed by atoms with E-state index in [2.05, 4.69) is 10.6 Å². The molecule has 0 aromatic rings. The third kappa shape index (κ3) is 23.6. The van der Waals surface area contributed by atoms with E-state index in [0.29, 0.717) is 19.4 Å². The summed E-state index contributed by atoms with van der Waals surface area (Å²) in [5, 5.41) is 53.3. The molecule has 0 aromatic carbocycles. The summed E-state index contributed by atoms with van der Waals surface area (Å²) in [4.78, 5) is 39.8. The number of aliphatic carboxylic acids is 4. The summed E-state index contributed by atoms with van der Waals surface area (Å²) >= 11 is 0. The van der Waals surface area contributed by atoms with Crippen molar-refractivity contribution in [2.75, 3.05) is 13.1 Å². The lowest BCUT2D eigenvalue weighted by Gasteiger charge is -2.06. The SMILES string of the molecule is C[C@@H](O)[C@H](N)C(=O)O.C[C@H](N)C(=O)O.N=C(N)NCCC[C@H](N)C(=O)O.O=C(O)[C@@H]1CCCN1. The Kier molecular flexibility index (Phi) is 21.5. The predicted molar refractivity (Wildman–Crippen MR) is 122 cm³/mol. The molecule has 1 heterocycles. The van der Waals surface area contributed by atoms with Gasteiger partial charge in [-0.15, -0.1) is 0 Å². The molecular weight excluding hydrogens is 458 g/mol. The second-order valence-electron chi connectivity index (χ2n) is 7.15. The van der Waals surface area contributed by atoms with E-state index in [9.17, 15) is 19.2 Å². The van der Waals surface area contributed by atoms with Gasteiger partial charge in [-0.3, -0.25) is 24.6 Å². The van der Waals surface area contributed by atoms with Gasteiger partial charge in [-0.1, -0.05) is 0 Å². The quantitative estimate of drug-likeness (QED) is 0.0841. The normalized spacial score (nSPS) is 17.4. The fourth-order valence-electron chi connectivity index (χ4n) is 1.77. The number of carbonyl (C=O) groups is 4. The van der Waals surface area contributed by atoms with Gasteiger partial charge in [0, 0.05) is 6.54 Å². The van der Waals surface area contributed by atoms with Crippen LogP contribution in [0.5, 0.6) is 0 Å². The smallest absolute Gasteiger partial charge is 0.323 e. The molecule has 200 valence electrons. The average molecular weight is 498 g/mol. The molecule has 0 amide bonds. The number of carboxylic acid groups (broad SMARTS) is 4. The Morgan fingerprint density at radius 3 is 1.74 bits per heavy atom. The van der Waals surface area contributed by atoms with Crippen molar-refractivity contribution in [3.63, 3.8) is 0 Å². The van der Waals surface area contributed by atoms with Crippen LogP contribution in [0.2, 0.25) is 0 Å². The second kappa shape index (κ2) is 20.5. The van der Waals surface area contributed by atoms with Gasteiger partial charge in [-0.05, 0) is 46.1 Å². The van der Waals surface area contributed by atoms with E-state index < -0.39 is 48.1 Å². The minimum atomic E-state index is -1.18. The van der Waals surface area contributed by atoms with Gasteiger partial charge in [-0.2, -0.15) is 0 Å².